The summed E-state index contributed by atoms with van der Waals surface area (Å²) in [4.78, 5) is 19.1. The van der Waals surface area contributed by atoms with Gasteiger partial charge in [0.15, 0.2) is 5.69 Å². The molecule has 9 heteroatoms. The summed E-state index contributed by atoms with van der Waals surface area (Å²) in [6.07, 6.45) is 0. The van der Waals surface area contributed by atoms with Gasteiger partial charge in [-0.25, -0.2) is 9.98 Å². The normalized spacial score (nSPS) is 19.7. The topological polar surface area (TPSA) is 123 Å². The molecule has 1 N–H and O–H groups in total. The number of nitrogens with zero attached hydrogens (tertiary/aromatic N) is 2. The number of methoxy groups -OCH3 is 1. The van der Waals surface area contributed by atoms with E-state index in [4.69, 9.17) is 18.9 Å². The van der Waals surface area contributed by atoms with Crippen molar-refractivity contribution in [1.82, 2.24) is 4.98 Å². The molecule has 24 heavy (non-hydrogen) atoms. The Balaban J connectivity index is 2.00. The molecule has 1 aromatic heterocycles. The zero-order valence-electron chi connectivity index (χ0n) is 13.5. The number of aromatic nitrogens is 1. The van der Waals surface area contributed by atoms with Crippen LogP contribution in [0.2, 0.25) is 0 Å². The van der Waals surface area contributed by atoms with Crippen LogP contribution in [0, 0.1) is 0 Å². The number of carbonyl (C=O) groups is 1. The van der Waals surface area contributed by atoms with Gasteiger partial charge in [0.05, 0.1) is 25.8 Å². The molecule has 0 spiro atoms. The number of rotatable bonds is 9. The minimum Gasteiger partial charge on any atom is -0.547 e. The third kappa shape index (κ3) is 4.33. The van der Waals surface area contributed by atoms with Crippen molar-refractivity contribution in [3.8, 4) is 11.6 Å². The third-order valence-electron chi connectivity index (χ3n) is 3.24. The molecule has 0 aromatic carbocycles. The molecule has 1 aromatic rings. The molecule has 0 bridgehead atoms. The first-order valence-electron chi connectivity index (χ1n) is 7.30. The lowest BCUT2D eigenvalue weighted by atomic mass is 10.1. The summed E-state index contributed by atoms with van der Waals surface area (Å²) in [6, 6.07) is 2.84. The largest absolute Gasteiger partial charge is 0.547 e. The standard InChI is InChI=1S/C15H20N2O7/c1-15(14(19)20)9-24-13(17-15)12-10(18)3-4-11(16-12)23-8-7-22-6-5-21-2/h3-4,18H,5-9H2,1-2H3,(H,19,20)/p-1/t15-/m1/s1. The molecule has 1 aliphatic rings. The zero-order chi connectivity index (χ0) is 17.6. The second kappa shape index (κ2) is 7.93. The van der Waals surface area contributed by atoms with E-state index >= 15 is 0 Å². The number of carbonyl (C=O) groups excluding carboxylic acids is 1. The maximum Gasteiger partial charge on any atom is 0.240 e. The summed E-state index contributed by atoms with van der Waals surface area (Å²) in [7, 11) is 1.58. The molecule has 132 valence electrons. The molecule has 0 amide bonds. The highest BCUT2D eigenvalue weighted by atomic mass is 16.5. The number of hydrogen-bond acceptors (Lipinski definition) is 9. The Kier molecular flexibility index (Phi) is 5.93. The smallest absolute Gasteiger partial charge is 0.240 e. The predicted molar refractivity (Wildman–Crippen MR) is 80.0 cm³/mol. The van der Waals surface area contributed by atoms with Crippen molar-refractivity contribution in [2.24, 2.45) is 4.99 Å². The van der Waals surface area contributed by atoms with E-state index in [-0.39, 0.29) is 36.4 Å². The van der Waals surface area contributed by atoms with Gasteiger partial charge in [0.2, 0.25) is 11.8 Å². The Hall–Kier alpha value is -2.39. The van der Waals surface area contributed by atoms with Gasteiger partial charge >= 0.3 is 0 Å². The number of aliphatic carboxylic acids is 1. The van der Waals surface area contributed by atoms with E-state index in [0.717, 1.165) is 0 Å². The first kappa shape index (κ1) is 18.0. The summed E-state index contributed by atoms with van der Waals surface area (Å²) in [5.41, 5.74) is -1.49. The van der Waals surface area contributed by atoms with E-state index in [1.165, 1.54) is 19.1 Å². The average Bonchev–Trinajstić information content (AvgIpc) is 2.96. The minimum absolute atomic E-state index is 0.0118. The lowest BCUT2D eigenvalue weighted by molar-refractivity contribution is -0.312. The fourth-order valence-electron chi connectivity index (χ4n) is 1.84. The number of aromatic hydroxyl groups is 1. The van der Waals surface area contributed by atoms with E-state index < -0.39 is 11.5 Å². The van der Waals surface area contributed by atoms with Gasteiger partial charge < -0.3 is 34.0 Å². The molecule has 2 rings (SSSR count). The number of aliphatic imine (C=N–C) groups is 1. The first-order valence-corrected chi connectivity index (χ1v) is 7.30. The summed E-state index contributed by atoms with van der Waals surface area (Å²) in [5.74, 6) is -1.40. The van der Waals surface area contributed by atoms with E-state index in [0.29, 0.717) is 19.8 Å². The second-order valence-corrected chi connectivity index (χ2v) is 5.24. The van der Waals surface area contributed by atoms with E-state index in [2.05, 4.69) is 9.98 Å². The fraction of sp³-hybridized carbons (Fsp3) is 0.533. The number of carboxylic acids is 1. The van der Waals surface area contributed by atoms with Crippen molar-refractivity contribution in [3.63, 3.8) is 0 Å². The van der Waals surface area contributed by atoms with Gasteiger partial charge in [-0.05, 0) is 13.0 Å². The van der Waals surface area contributed by atoms with Gasteiger partial charge in [-0.1, -0.05) is 0 Å². The van der Waals surface area contributed by atoms with Gasteiger partial charge in [0, 0.05) is 13.2 Å². The van der Waals surface area contributed by atoms with Crippen LogP contribution < -0.4 is 9.84 Å². The van der Waals surface area contributed by atoms with Crippen LogP contribution in [0.25, 0.3) is 0 Å². The number of pyridine rings is 1. The molecular formula is C15H19N2O7-. The molecule has 1 atom stereocenters. The molecule has 2 heterocycles. The van der Waals surface area contributed by atoms with E-state index in [1.807, 2.05) is 0 Å². The van der Waals surface area contributed by atoms with Crippen molar-refractivity contribution in [3.05, 3.63) is 17.8 Å². The molecule has 0 saturated heterocycles. The third-order valence-corrected chi connectivity index (χ3v) is 3.24. The minimum atomic E-state index is -1.50. The van der Waals surface area contributed by atoms with Crippen molar-refractivity contribution in [2.45, 2.75) is 12.5 Å². The van der Waals surface area contributed by atoms with Crippen LogP contribution in [-0.2, 0) is 19.0 Å². The van der Waals surface area contributed by atoms with Crippen LogP contribution >= 0.6 is 0 Å². The van der Waals surface area contributed by atoms with E-state index in [9.17, 15) is 15.0 Å². The van der Waals surface area contributed by atoms with Crippen LogP contribution in [0.1, 0.15) is 12.6 Å². The Labute approximate surface area is 138 Å². The highest BCUT2D eigenvalue weighted by Gasteiger charge is 2.35. The highest BCUT2D eigenvalue weighted by molar-refractivity contribution is 5.98. The van der Waals surface area contributed by atoms with Gasteiger partial charge in [-0.2, -0.15) is 0 Å². The monoisotopic (exact) mass is 339 g/mol. The average molecular weight is 339 g/mol. The molecule has 0 unspecified atom stereocenters. The van der Waals surface area contributed by atoms with E-state index in [1.54, 1.807) is 7.11 Å². The quantitative estimate of drug-likeness (QED) is 0.575. The number of ether oxygens (including phenoxy) is 4. The highest BCUT2D eigenvalue weighted by Crippen LogP contribution is 2.26. The van der Waals surface area contributed by atoms with Crippen molar-refractivity contribution in [2.75, 3.05) is 40.1 Å². The molecule has 1 aliphatic heterocycles. The maximum absolute atomic E-state index is 11.1. The van der Waals surface area contributed by atoms with Crippen LogP contribution in [0.4, 0.5) is 0 Å². The molecule has 0 aliphatic carbocycles. The summed E-state index contributed by atoms with van der Waals surface area (Å²) in [6.45, 7) is 2.73. The molecular weight excluding hydrogens is 320 g/mol. The fourth-order valence-corrected chi connectivity index (χ4v) is 1.84. The van der Waals surface area contributed by atoms with Gasteiger partial charge in [0.25, 0.3) is 0 Å². The second-order valence-electron chi connectivity index (χ2n) is 5.24. The van der Waals surface area contributed by atoms with Crippen LogP contribution in [0.15, 0.2) is 17.1 Å². The predicted octanol–water partition coefficient (Wildman–Crippen LogP) is -0.886. The number of hydrogen-bond donors (Lipinski definition) is 1. The lowest BCUT2D eigenvalue weighted by Crippen LogP contribution is -2.45. The first-order chi connectivity index (χ1) is 11.5. The van der Waals surface area contributed by atoms with Crippen LogP contribution in [0.3, 0.4) is 0 Å². The molecule has 0 fully saturated rings. The van der Waals surface area contributed by atoms with Crippen molar-refractivity contribution in [1.29, 1.82) is 0 Å². The molecule has 0 saturated carbocycles. The Morgan fingerprint density at radius 1 is 1.38 bits per heavy atom. The Morgan fingerprint density at radius 3 is 2.79 bits per heavy atom. The summed E-state index contributed by atoms with van der Waals surface area (Å²) < 4.78 is 20.8. The lowest BCUT2D eigenvalue weighted by Gasteiger charge is -2.18. The van der Waals surface area contributed by atoms with Crippen LogP contribution in [-0.4, -0.2) is 67.6 Å². The van der Waals surface area contributed by atoms with Gasteiger partial charge in [-0.15, -0.1) is 0 Å². The zero-order valence-corrected chi connectivity index (χ0v) is 13.5. The molecule has 9 nitrogen and oxygen atoms in total. The number of carboxylic acid groups (broad SMARTS) is 1. The Morgan fingerprint density at radius 2 is 2.12 bits per heavy atom. The van der Waals surface area contributed by atoms with Crippen molar-refractivity contribution >= 4 is 11.9 Å². The molecule has 0 radical (unpaired) electrons. The summed E-state index contributed by atoms with van der Waals surface area (Å²) >= 11 is 0. The SMILES string of the molecule is COCCOCCOc1ccc(O)c(C2=N[C@@](C)(C(=O)[O-])CO2)n1. The van der Waals surface area contributed by atoms with Gasteiger partial charge in [-0.3, -0.25) is 0 Å². The maximum atomic E-state index is 11.1. The van der Waals surface area contributed by atoms with Gasteiger partial charge in [0.1, 0.15) is 24.5 Å². The van der Waals surface area contributed by atoms with Crippen LogP contribution in [0.5, 0.6) is 11.6 Å². The Bertz CT molecular complexity index is 620. The summed E-state index contributed by atoms with van der Waals surface area (Å²) in [5, 5.41) is 21.0. The van der Waals surface area contributed by atoms with Crippen molar-refractivity contribution < 1.29 is 34.0 Å².